The van der Waals surface area contributed by atoms with Gasteiger partial charge in [0, 0.05) is 5.39 Å². The third-order valence-electron chi connectivity index (χ3n) is 4.56. The van der Waals surface area contributed by atoms with Gasteiger partial charge in [-0.2, -0.15) is 0 Å². The standard InChI is InChI=1S/C25H23NO4.C3H8/c27-15-16-28-22-9-5-19(6-10-22)17-29-23-11-13-24(14-12-23)30-18-21-8-7-20-3-1-2-4-25(20)26-21;1-3-2/h1-14,27H,15-18H2;3H2,1-2H3. The van der Waals surface area contributed by atoms with Crippen molar-refractivity contribution in [2.24, 2.45) is 0 Å². The molecule has 1 aromatic heterocycles. The SMILES string of the molecule is CCC.OCCOc1ccc(COc2ccc(OCc3ccc4ccccc4n3)cc2)cc1. The minimum Gasteiger partial charge on any atom is -0.491 e. The zero-order valence-electron chi connectivity index (χ0n) is 19.2. The lowest BCUT2D eigenvalue weighted by molar-refractivity contribution is 0.201. The molecule has 4 rings (SSSR count). The second-order valence-corrected chi connectivity index (χ2v) is 7.47. The van der Waals surface area contributed by atoms with Crippen LogP contribution in [0.4, 0.5) is 0 Å². The van der Waals surface area contributed by atoms with Crippen LogP contribution in [0.15, 0.2) is 84.9 Å². The van der Waals surface area contributed by atoms with Gasteiger partial charge in [-0.05, 0) is 54.1 Å². The minimum atomic E-state index is 0.00332. The smallest absolute Gasteiger partial charge is 0.130 e. The molecule has 0 amide bonds. The largest absolute Gasteiger partial charge is 0.491 e. The van der Waals surface area contributed by atoms with Gasteiger partial charge in [0.05, 0.1) is 17.8 Å². The molecule has 4 aromatic rings. The van der Waals surface area contributed by atoms with E-state index in [-0.39, 0.29) is 6.61 Å². The van der Waals surface area contributed by atoms with Gasteiger partial charge in [-0.3, -0.25) is 0 Å². The molecule has 0 saturated carbocycles. The molecule has 5 nitrogen and oxygen atoms in total. The van der Waals surface area contributed by atoms with E-state index in [0.29, 0.717) is 19.8 Å². The number of aromatic nitrogens is 1. The number of para-hydroxylation sites is 1. The van der Waals surface area contributed by atoms with Crippen molar-refractivity contribution in [3.8, 4) is 17.2 Å². The van der Waals surface area contributed by atoms with Gasteiger partial charge < -0.3 is 19.3 Å². The van der Waals surface area contributed by atoms with Crippen LogP contribution in [-0.4, -0.2) is 23.3 Å². The van der Waals surface area contributed by atoms with Crippen LogP contribution in [0.3, 0.4) is 0 Å². The maximum absolute atomic E-state index is 8.78. The van der Waals surface area contributed by atoms with E-state index in [1.807, 2.05) is 78.9 Å². The van der Waals surface area contributed by atoms with E-state index < -0.39 is 0 Å². The molecule has 0 bridgehead atoms. The van der Waals surface area contributed by atoms with Crippen molar-refractivity contribution in [1.29, 1.82) is 0 Å². The van der Waals surface area contributed by atoms with Crippen molar-refractivity contribution in [3.63, 3.8) is 0 Å². The highest BCUT2D eigenvalue weighted by Gasteiger charge is 2.02. The number of hydrogen-bond acceptors (Lipinski definition) is 5. The van der Waals surface area contributed by atoms with E-state index in [0.717, 1.165) is 39.4 Å². The van der Waals surface area contributed by atoms with E-state index in [9.17, 15) is 0 Å². The number of aliphatic hydroxyl groups excluding tert-OH is 1. The van der Waals surface area contributed by atoms with Gasteiger partial charge in [0.25, 0.3) is 0 Å². The van der Waals surface area contributed by atoms with Crippen LogP contribution in [0.25, 0.3) is 10.9 Å². The summed E-state index contributed by atoms with van der Waals surface area (Å²) >= 11 is 0. The van der Waals surface area contributed by atoms with Crippen LogP contribution < -0.4 is 14.2 Å². The van der Waals surface area contributed by atoms with Gasteiger partial charge >= 0.3 is 0 Å². The number of pyridine rings is 1. The molecule has 0 aliphatic carbocycles. The molecule has 172 valence electrons. The van der Waals surface area contributed by atoms with E-state index in [1.54, 1.807) is 0 Å². The monoisotopic (exact) mass is 445 g/mol. The number of benzene rings is 3. The van der Waals surface area contributed by atoms with Crippen LogP contribution in [0.5, 0.6) is 17.2 Å². The Balaban J connectivity index is 0.000000968. The fraction of sp³-hybridized carbons (Fsp3) is 0.250. The minimum absolute atomic E-state index is 0.00332. The van der Waals surface area contributed by atoms with Gasteiger partial charge in [-0.15, -0.1) is 0 Å². The Morgan fingerprint density at radius 1 is 0.667 bits per heavy atom. The number of nitrogens with zero attached hydrogens (tertiary/aromatic N) is 1. The van der Waals surface area contributed by atoms with Crippen molar-refractivity contribution in [2.75, 3.05) is 13.2 Å². The first-order valence-electron chi connectivity index (χ1n) is 11.2. The van der Waals surface area contributed by atoms with Gasteiger partial charge in [0.15, 0.2) is 0 Å². The molecule has 0 unspecified atom stereocenters. The predicted molar refractivity (Wildman–Crippen MR) is 132 cm³/mol. The molecule has 0 aliphatic rings. The molecule has 3 aromatic carbocycles. The molecule has 0 saturated heterocycles. The zero-order chi connectivity index (χ0) is 23.3. The van der Waals surface area contributed by atoms with Crippen molar-refractivity contribution < 1.29 is 19.3 Å². The zero-order valence-corrected chi connectivity index (χ0v) is 19.2. The summed E-state index contributed by atoms with van der Waals surface area (Å²) in [5.41, 5.74) is 2.89. The van der Waals surface area contributed by atoms with Crippen LogP contribution in [0.1, 0.15) is 31.5 Å². The van der Waals surface area contributed by atoms with E-state index >= 15 is 0 Å². The van der Waals surface area contributed by atoms with Crippen LogP contribution in [0.2, 0.25) is 0 Å². The Bertz CT molecular complexity index is 1090. The van der Waals surface area contributed by atoms with Crippen LogP contribution >= 0.6 is 0 Å². The molecule has 33 heavy (non-hydrogen) atoms. The van der Waals surface area contributed by atoms with Gasteiger partial charge in [0.1, 0.15) is 37.1 Å². The highest BCUT2D eigenvalue weighted by atomic mass is 16.5. The maximum Gasteiger partial charge on any atom is 0.130 e. The number of aliphatic hydroxyl groups is 1. The highest BCUT2D eigenvalue weighted by molar-refractivity contribution is 5.78. The Labute approximate surface area is 195 Å². The lowest BCUT2D eigenvalue weighted by atomic mass is 10.2. The van der Waals surface area contributed by atoms with Crippen LogP contribution in [0, 0.1) is 0 Å². The summed E-state index contributed by atoms with van der Waals surface area (Å²) < 4.78 is 17.0. The fourth-order valence-electron chi connectivity index (χ4n) is 2.99. The number of rotatable bonds is 9. The quantitative estimate of drug-likeness (QED) is 0.333. The van der Waals surface area contributed by atoms with Gasteiger partial charge in [0.2, 0.25) is 0 Å². The highest BCUT2D eigenvalue weighted by Crippen LogP contribution is 2.21. The summed E-state index contributed by atoms with van der Waals surface area (Å²) in [5.74, 6) is 2.27. The third kappa shape index (κ3) is 7.81. The molecular weight excluding hydrogens is 414 g/mol. The Morgan fingerprint density at radius 2 is 1.24 bits per heavy atom. The normalized spacial score (nSPS) is 10.3. The number of fused-ring (bicyclic) bond motifs is 1. The maximum atomic E-state index is 8.78. The summed E-state index contributed by atoms with van der Waals surface area (Å²) in [7, 11) is 0. The molecule has 0 fully saturated rings. The predicted octanol–water partition coefficient (Wildman–Crippen LogP) is 6.18. The van der Waals surface area contributed by atoms with Gasteiger partial charge in [-0.1, -0.05) is 56.7 Å². The van der Waals surface area contributed by atoms with Crippen molar-refractivity contribution in [2.45, 2.75) is 33.5 Å². The number of ether oxygens (including phenoxy) is 3. The summed E-state index contributed by atoms with van der Waals surface area (Å²) in [5, 5.41) is 9.91. The molecule has 0 aliphatic heterocycles. The van der Waals surface area contributed by atoms with E-state index in [4.69, 9.17) is 19.3 Å². The average molecular weight is 446 g/mol. The first kappa shape index (κ1) is 24.1. The Hall–Kier alpha value is -3.57. The first-order chi connectivity index (χ1) is 16.2. The lowest BCUT2D eigenvalue weighted by Gasteiger charge is -2.10. The molecule has 0 spiro atoms. The van der Waals surface area contributed by atoms with Crippen LogP contribution in [-0.2, 0) is 13.2 Å². The fourth-order valence-corrected chi connectivity index (χ4v) is 2.99. The van der Waals surface area contributed by atoms with Crippen molar-refractivity contribution >= 4 is 10.9 Å². The number of hydrogen-bond donors (Lipinski definition) is 1. The van der Waals surface area contributed by atoms with Crippen molar-refractivity contribution in [3.05, 3.63) is 96.2 Å². The molecule has 0 radical (unpaired) electrons. The summed E-state index contributed by atoms with van der Waals surface area (Å²) in [6.45, 7) is 5.42. The Morgan fingerprint density at radius 3 is 1.91 bits per heavy atom. The van der Waals surface area contributed by atoms with Gasteiger partial charge in [-0.25, -0.2) is 4.98 Å². The van der Waals surface area contributed by atoms with E-state index in [1.165, 1.54) is 6.42 Å². The molecule has 1 N–H and O–H groups in total. The second kappa shape index (κ2) is 13.1. The topological polar surface area (TPSA) is 60.8 Å². The summed E-state index contributed by atoms with van der Waals surface area (Å²) in [6.07, 6.45) is 1.25. The Kier molecular flexibility index (Phi) is 9.55. The second-order valence-electron chi connectivity index (χ2n) is 7.47. The van der Waals surface area contributed by atoms with Crippen molar-refractivity contribution in [1.82, 2.24) is 4.98 Å². The third-order valence-corrected chi connectivity index (χ3v) is 4.56. The summed E-state index contributed by atoms with van der Waals surface area (Å²) in [4.78, 5) is 4.62. The summed E-state index contributed by atoms with van der Waals surface area (Å²) in [6, 6.07) is 27.3. The molecule has 5 heteroatoms. The molecule has 0 atom stereocenters. The lowest BCUT2D eigenvalue weighted by Crippen LogP contribution is -2.02. The average Bonchev–Trinajstić information content (AvgIpc) is 2.86. The molecule has 1 heterocycles. The first-order valence-corrected chi connectivity index (χ1v) is 11.2. The molecular formula is C28H31NO4. The van der Waals surface area contributed by atoms with E-state index in [2.05, 4.69) is 24.9 Å².